The fourth-order valence-electron chi connectivity index (χ4n) is 8.09. The monoisotopic (exact) mass is 772 g/mol. The molecule has 55 heavy (non-hydrogen) atoms. The molecule has 2 aliphatic heterocycles. The summed E-state index contributed by atoms with van der Waals surface area (Å²) < 4.78 is 2.01. The number of thiophene rings is 1. The highest BCUT2D eigenvalue weighted by molar-refractivity contribution is 7.14. The van der Waals surface area contributed by atoms with E-state index < -0.39 is 11.9 Å². The minimum atomic E-state index is -0.612. The van der Waals surface area contributed by atoms with Crippen LogP contribution < -0.4 is 26.6 Å². The van der Waals surface area contributed by atoms with Crippen LogP contribution in [0.5, 0.6) is 0 Å². The van der Waals surface area contributed by atoms with E-state index in [2.05, 4.69) is 43.6 Å². The van der Waals surface area contributed by atoms with Crippen molar-refractivity contribution in [1.82, 2.24) is 45.9 Å². The van der Waals surface area contributed by atoms with E-state index in [1.54, 1.807) is 4.90 Å². The summed E-state index contributed by atoms with van der Waals surface area (Å²) in [6, 6.07) is 2.07. The van der Waals surface area contributed by atoms with Crippen LogP contribution in [-0.2, 0) is 36.1 Å². The number of carbonyl (C=O) groups excluding carboxylic acids is 4. The summed E-state index contributed by atoms with van der Waals surface area (Å²) >= 11 is 1.35. The first-order valence-electron chi connectivity index (χ1n) is 20.3. The lowest BCUT2D eigenvalue weighted by atomic mass is 9.91. The van der Waals surface area contributed by atoms with Crippen molar-refractivity contribution >= 4 is 41.0 Å². The molecule has 0 radical (unpaired) electrons. The second kappa shape index (κ2) is 18.1. The minimum Gasteiger partial charge on any atom is -0.351 e. The lowest BCUT2D eigenvalue weighted by molar-refractivity contribution is -0.136. The van der Waals surface area contributed by atoms with Crippen LogP contribution >= 0.6 is 11.3 Å². The zero-order valence-electron chi connectivity index (χ0n) is 32.3. The number of nitrogens with one attached hydrogen (secondary N) is 5. The Balaban J connectivity index is 0.698. The van der Waals surface area contributed by atoms with E-state index in [9.17, 15) is 19.2 Å². The lowest BCUT2D eigenvalue weighted by Crippen LogP contribution is -2.52. The Labute approximate surface area is 327 Å². The number of amides is 5. The van der Waals surface area contributed by atoms with Crippen molar-refractivity contribution in [2.24, 2.45) is 13.0 Å². The van der Waals surface area contributed by atoms with Gasteiger partial charge in [-0.3, -0.25) is 24.4 Å². The van der Waals surface area contributed by atoms with Crippen LogP contribution in [0.1, 0.15) is 121 Å². The molecule has 5 N–H and O–H groups in total. The van der Waals surface area contributed by atoms with Crippen LogP contribution in [0.15, 0.2) is 18.5 Å². The number of urea groups is 1. The quantitative estimate of drug-likeness (QED) is 0.0869. The maximum absolute atomic E-state index is 12.9. The Morgan fingerprint density at radius 3 is 2.42 bits per heavy atom. The number of nitrogens with zero attached hydrogens (tertiary/aromatic N) is 5. The molecule has 2 aliphatic carbocycles. The summed E-state index contributed by atoms with van der Waals surface area (Å²) in [5.74, 6) is 0.617. The first-order valence-corrected chi connectivity index (χ1v) is 21.2. The number of aromatic nitrogens is 4. The van der Waals surface area contributed by atoms with Gasteiger partial charge in [-0.1, -0.05) is 25.7 Å². The molecule has 0 spiro atoms. The molecular formula is C40H56N10O4S. The normalized spacial score (nSPS) is 21.1. The maximum atomic E-state index is 12.9. The Hall–Kier alpha value is -4.37. The van der Waals surface area contributed by atoms with Crippen molar-refractivity contribution in [1.29, 1.82) is 0 Å². The summed E-state index contributed by atoms with van der Waals surface area (Å²) in [5.41, 5.74) is 5.37. The zero-order valence-corrected chi connectivity index (χ0v) is 33.1. The number of unbranched alkanes of at least 4 members (excludes halogenated alkanes) is 5. The molecule has 1 unspecified atom stereocenters. The molecule has 5 heterocycles. The van der Waals surface area contributed by atoms with E-state index in [-0.39, 0.29) is 24.3 Å². The predicted molar refractivity (Wildman–Crippen MR) is 211 cm³/mol. The molecule has 14 nitrogen and oxygen atoms in total. The number of anilines is 1. The molecule has 2 saturated carbocycles. The van der Waals surface area contributed by atoms with Crippen molar-refractivity contribution in [2.45, 2.75) is 134 Å². The SMILES string of the molecule is Cc1cnc(NC2CCC(NCCCCCCCCNC(=O)NCc3cc4c(s3)C(=O)N(C3CCC(=O)NC3=O)C4)CC2)nc1-c1cnn(C)c1CC1CC1. The van der Waals surface area contributed by atoms with Crippen molar-refractivity contribution in [3.63, 3.8) is 0 Å². The highest BCUT2D eigenvalue weighted by Gasteiger charge is 2.40. The Kier molecular flexibility index (Phi) is 12.8. The number of hydrogen-bond donors (Lipinski definition) is 5. The number of hydrogen-bond acceptors (Lipinski definition) is 10. The predicted octanol–water partition coefficient (Wildman–Crippen LogP) is 5.11. The van der Waals surface area contributed by atoms with E-state index >= 15 is 0 Å². The highest BCUT2D eigenvalue weighted by Crippen LogP contribution is 2.36. The number of fused-ring (bicyclic) bond motifs is 1. The molecule has 296 valence electrons. The van der Waals surface area contributed by atoms with Gasteiger partial charge >= 0.3 is 6.03 Å². The van der Waals surface area contributed by atoms with Crippen LogP contribution in [0.4, 0.5) is 10.7 Å². The Morgan fingerprint density at radius 2 is 1.67 bits per heavy atom. The maximum Gasteiger partial charge on any atom is 0.315 e. The standard InChI is InChI=1S/C40H56N10O4S/c1-25-21-43-39(48-35(25)31-23-45-49(2)33(31)19-26-9-10-26)46-29-13-11-28(12-14-29)41-17-7-5-3-4-6-8-18-42-40(54)44-22-30-20-27-24-50(38(53)36(27)55-30)32-15-16-34(51)47-37(32)52/h20-21,23,26,28-29,32,41H,3-19,22,24H2,1-2H3,(H2,42,44,54)(H,43,46,48)(H,47,51,52). The summed E-state index contributed by atoms with van der Waals surface area (Å²) in [5, 5.41) is 20.1. The van der Waals surface area contributed by atoms with E-state index in [1.165, 1.54) is 49.1 Å². The topological polar surface area (TPSA) is 175 Å². The van der Waals surface area contributed by atoms with Crippen LogP contribution in [0.2, 0.25) is 0 Å². The van der Waals surface area contributed by atoms with Crippen molar-refractivity contribution in [3.8, 4) is 11.3 Å². The van der Waals surface area contributed by atoms with Gasteiger partial charge in [0.2, 0.25) is 17.8 Å². The molecule has 0 bridgehead atoms. The van der Waals surface area contributed by atoms with Gasteiger partial charge in [-0.05, 0) is 101 Å². The Morgan fingerprint density at radius 1 is 0.927 bits per heavy atom. The number of aryl methyl sites for hydroxylation is 2. The molecule has 0 aromatic carbocycles. The molecule has 3 aromatic heterocycles. The van der Waals surface area contributed by atoms with Crippen molar-refractivity contribution < 1.29 is 19.2 Å². The fourth-order valence-corrected chi connectivity index (χ4v) is 9.16. The molecule has 1 atom stereocenters. The molecule has 7 rings (SSSR count). The van der Waals surface area contributed by atoms with Gasteiger partial charge in [-0.15, -0.1) is 11.3 Å². The summed E-state index contributed by atoms with van der Waals surface area (Å²) in [6.45, 7) is 4.47. The van der Waals surface area contributed by atoms with Crippen molar-refractivity contribution in [2.75, 3.05) is 18.4 Å². The molecular weight excluding hydrogens is 717 g/mol. The lowest BCUT2D eigenvalue weighted by Gasteiger charge is -2.30. The zero-order chi connectivity index (χ0) is 38.3. The average molecular weight is 773 g/mol. The third-order valence-electron chi connectivity index (χ3n) is 11.5. The number of imide groups is 1. The summed E-state index contributed by atoms with van der Waals surface area (Å²) in [7, 11) is 2.03. The third-order valence-corrected chi connectivity index (χ3v) is 12.7. The molecule has 3 fully saturated rings. The molecule has 4 aliphatic rings. The summed E-state index contributed by atoms with van der Waals surface area (Å²) in [6.07, 6.45) is 19.5. The smallest absolute Gasteiger partial charge is 0.315 e. The van der Waals surface area contributed by atoms with Gasteiger partial charge in [0.1, 0.15) is 6.04 Å². The van der Waals surface area contributed by atoms with E-state index in [0.29, 0.717) is 43.0 Å². The first-order chi connectivity index (χ1) is 26.7. The molecule has 5 amide bonds. The summed E-state index contributed by atoms with van der Waals surface area (Å²) in [4.78, 5) is 61.6. The van der Waals surface area contributed by atoms with E-state index in [0.717, 1.165) is 97.0 Å². The second-order valence-corrected chi connectivity index (χ2v) is 17.0. The molecule has 1 saturated heterocycles. The van der Waals surface area contributed by atoms with Crippen LogP contribution in [0.25, 0.3) is 11.3 Å². The second-order valence-electron chi connectivity index (χ2n) is 15.8. The number of carbonyl (C=O) groups is 4. The fraction of sp³-hybridized carbons (Fsp3) is 0.625. The van der Waals surface area contributed by atoms with Gasteiger partial charge in [0, 0.05) is 61.0 Å². The van der Waals surface area contributed by atoms with Crippen LogP contribution in [-0.4, -0.2) is 79.6 Å². The van der Waals surface area contributed by atoms with E-state index in [4.69, 9.17) is 4.98 Å². The van der Waals surface area contributed by atoms with Gasteiger partial charge in [0.25, 0.3) is 5.91 Å². The van der Waals surface area contributed by atoms with Crippen molar-refractivity contribution in [3.05, 3.63) is 45.0 Å². The van der Waals surface area contributed by atoms with Gasteiger partial charge in [0.05, 0.1) is 23.3 Å². The van der Waals surface area contributed by atoms with Gasteiger partial charge in [-0.25, -0.2) is 14.8 Å². The minimum absolute atomic E-state index is 0.184. The number of piperidine rings is 1. The van der Waals surface area contributed by atoms with Gasteiger partial charge in [0.15, 0.2) is 0 Å². The molecule has 3 aromatic rings. The number of rotatable bonds is 18. The van der Waals surface area contributed by atoms with Crippen LogP contribution in [0, 0.1) is 12.8 Å². The molecule has 15 heteroatoms. The third kappa shape index (κ3) is 10.1. The first kappa shape index (κ1) is 38.9. The van der Waals surface area contributed by atoms with Gasteiger partial charge in [-0.2, -0.15) is 5.10 Å². The highest BCUT2D eigenvalue weighted by atomic mass is 32.1. The van der Waals surface area contributed by atoms with E-state index in [1.807, 2.05) is 30.2 Å². The van der Waals surface area contributed by atoms with Gasteiger partial charge < -0.3 is 26.2 Å². The largest absolute Gasteiger partial charge is 0.351 e. The van der Waals surface area contributed by atoms with Crippen LogP contribution in [0.3, 0.4) is 0 Å². The Bertz CT molecular complexity index is 1850. The average Bonchev–Trinajstić information content (AvgIpc) is 3.69.